The highest BCUT2D eigenvalue weighted by molar-refractivity contribution is 5.89. The van der Waals surface area contributed by atoms with Crippen molar-refractivity contribution in [1.82, 2.24) is 0 Å². The van der Waals surface area contributed by atoms with Gasteiger partial charge < -0.3 is 9.47 Å². The van der Waals surface area contributed by atoms with Gasteiger partial charge in [-0.15, -0.1) is 0 Å². The van der Waals surface area contributed by atoms with Crippen LogP contribution in [0.3, 0.4) is 0 Å². The van der Waals surface area contributed by atoms with E-state index in [4.69, 9.17) is 9.47 Å². The second-order valence-electron chi connectivity index (χ2n) is 7.78. The average Bonchev–Trinajstić information content (AvgIpc) is 2.78. The van der Waals surface area contributed by atoms with Gasteiger partial charge in [0, 0.05) is 11.1 Å². The van der Waals surface area contributed by atoms with Crippen molar-refractivity contribution in [2.24, 2.45) is 0 Å². The largest absolute Gasteiger partial charge is 0.457 e. The van der Waals surface area contributed by atoms with E-state index in [1.165, 1.54) is 0 Å². The van der Waals surface area contributed by atoms with Crippen molar-refractivity contribution in [2.75, 3.05) is 0 Å². The Morgan fingerprint density at radius 3 is 1.88 bits per heavy atom. The Hall–Kier alpha value is -3.92. The van der Waals surface area contributed by atoms with Crippen LogP contribution in [-0.2, 0) is 20.9 Å². The number of hydrogen-bond acceptors (Lipinski definition) is 4. The zero-order valence-electron chi connectivity index (χ0n) is 18.6. The summed E-state index contributed by atoms with van der Waals surface area (Å²) in [4.78, 5) is 23.2. The maximum atomic E-state index is 11.7. The fourth-order valence-electron chi connectivity index (χ4n) is 3.13. The summed E-state index contributed by atoms with van der Waals surface area (Å²) in [5, 5.41) is 0. The molecule has 0 saturated carbocycles. The minimum atomic E-state index is -0.432. The van der Waals surface area contributed by atoms with Crippen LogP contribution in [-0.4, -0.2) is 11.9 Å². The third kappa shape index (κ3) is 5.61. The minimum Gasteiger partial charge on any atom is -0.457 e. The normalized spacial score (nSPS) is 10.3. The number of benzene rings is 3. The molecule has 0 radical (unpaired) electrons. The first-order valence-corrected chi connectivity index (χ1v) is 10.3. The van der Waals surface area contributed by atoms with Crippen LogP contribution in [0.5, 0.6) is 5.75 Å². The lowest BCUT2D eigenvalue weighted by atomic mass is 9.95. The molecule has 0 bridgehead atoms. The lowest BCUT2D eigenvalue weighted by molar-refractivity contribution is -0.140. The van der Waals surface area contributed by atoms with Crippen molar-refractivity contribution in [3.63, 3.8) is 0 Å². The molecule has 3 rings (SSSR count). The Balaban J connectivity index is 1.72. The number of aryl methyl sites for hydroxylation is 1. The maximum absolute atomic E-state index is 11.7. The first-order chi connectivity index (χ1) is 15.2. The molecular formula is C28H26O4. The zero-order chi connectivity index (χ0) is 23.3. The van der Waals surface area contributed by atoms with Crippen molar-refractivity contribution in [1.29, 1.82) is 0 Å². The molecule has 4 nitrogen and oxygen atoms in total. The summed E-state index contributed by atoms with van der Waals surface area (Å²) in [6.07, 6.45) is 0. The van der Waals surface area contributed by atoms with Crippen molar-refractivity contribution < 1.29 is 19.1 Å². The molecule has 0 heterocycles. The molecule has 3 aromatic carbocycles. The SMILES string of the molecule is C=C(C)C(=O)OCc1ccc(-c2ccc(-c3ccc(OC(=O)C(=C)C)cc3)c(C)c2)cc1. The van der Waals surface area contributed by atoms with Crippen LogP contribution in [0.1, 0.15) is 25.0 Å². The predicted molar refractivity (Wildman–Crippen MR) is 127 cm³/mol. The van der Waals surface area contributed by atoms with Gasteiger partial charge in [-0.1, -0.05) is 67.8 Å². The van der Waals surface area contributed by atoms with Crippen LogP contribution >= 0.6 is 0 Å². The molecule has 0 N–H and O–H groups in total. The summed E-state index contributed by atoms with van der Waals surface area (Å²) in [5.74, 6) is -0.328. The fourth-order valence-corrected chi connectivity index (χ4v) is 3.13. The molecule has 0 atom stereocenters. The van der Waals surface area contributed by atoms with Crippen LogP contribution in [0.25, 0.3) is 22.3 Å². The Labute approximate surface area is 188 Å². The Bertz CT molecular complexity index is 1170. The van der Waals surface area contributed by atoms with E-state index in [1.54, 1.807) is 26.0 Å². The summed E-state index contributed by atoms with van der Waals surface area (Å²) in [5.41, 5.74) is 7.13. The van der Waals surface area contributed by atoms with Crippen LogP contribution in [0.2, 0.25) is 0 Å². The molecule has 0 aromatic heterocycles. The molecule has 0 aliphatic rings. The van der Waals surface area contributed by atoms with E-state index < -0.39 is 5.97 Å². The number of rotatable bonds is 7. The molecule has 0 aliphatic heterocycles. The number of esters is 2. The van der Waals surface area contributed by atoms with Gasteiger partial charge >= 0.3 is 11.9 Å². The summed E-state index contributed by atoms with van der Waals surface area (Å²) in [7, 11) is 0. The lowest BCUT2D eigenvalue weighted by Crippen LogP contribution is -2.07. The number of carbonyl (C=O) groups is 2. The molecule has 0 aliphatic carbocycles. The minimum absolute atomic E-state index is 0.224. The summed E-state index contributed by atoms with van der Waals surface area (Å²) in [6.45, 7) is 12.7. The Morgan fingerprint density at radius 2 is 1.31 bits per heavy atom. The standard InChI is InChI=1S/C28H26O4/c1-18(2)27(29)31-17-21-6-8-22(9-7-21)24-12-15-26(20(5)16-24)23-10-13-25(14-11-23)32-28(30)19(3)4/h6-16H,1,3,17H2,2,4-5H3. The fraction of sp³-hybridized carbons (Fsp3) is 0.143. The molecule has 32 heavy (non-hydrogen) atoms. The third-order valence-corrected chi connectivity index (χ3v) is 4.96. The van der Waals surface area contributed by atoms with Crippen molar-refractivity contribution in [3.05, 3.63) is 102 Å². The van der Waals surface area contributed by atoms with E-state index in [2.05, 4.69) is 38.3 Å². The first-order valence-electron chi connectivity index (χ1n) is 10.3. The first kappa shape index (κ1) is 22.8. The zero-order valence-corrected chi connectivity index (χ0v) is 18.6. The molecular weight excluding hydrogens is 400 g/mol. The molecule has 0 amide bonds. The monoisotopic (exact) mass is 426 g/mol. The van der Waals surface area contributed by atoms with E-state index >= 15 is 0 Å². The summed E-state index contributed by atoms with van der Waals surface area (Å²) < 4.78 is 10.4. The van der Waals surface area contributed by atoms with Gasteiger partial charge in [0.15, 0.2) is 0 Å². The predicted octanol–water partition coefficient (Wildman–Crippen LogP) is 6.43. The van der Waals surface area contributed by atoms with Gasteiger partial charge in [0.25, 0.3) is 0 Å². The molecule has 0 unspecified atom stereocenters. The Kier molecular flexibility index (Phi) is 7.06. The number of hydrogen-bond donors (Lipinski definition) is 0. The van der Waals surface area contributed by atoms with E-state index in [0.29, 0.717) is 16.9 Å². The van der Waals surface area contributed by atoms with Gasteiger partial charge in [-0.05, 0) is 66.3 Å². The number of carbonyl (C=O) groups excluding carboxylic acids is 2. The summed E-state index contributed by atoms with van der Waals surface area (Å²) in [6, 6.07) is 21.7. The van der Waals surface area contributed by atoms with Gasteiger partial charge in [0.2, 0.25) is 0 Å². The molecule has 0 saturated heterocycles. The van der Waals surface area contributed by atoms with E-state index in [-0.39, 0.29) is 12.6 Å². The van der Waals surface area contributed by atoms with Crippen LogP contribution in [0.15, 0.2) is 91.0 Å². The van der Waals surface area contributed by atoms with Crippen LogP contribution in [0, 0.1) is 6.92 Å². The molecule has 3 aromatic rings. The highest BCUT2D eigenvalue weighted by Crippen LogP contribution is 2.30. The van der Waals surface area contributed by atoms with Crippen LogP contribution < -0.4 is 4.74 Å². The van der Waals surface area contributed by atoms with E-state index in [9.17, 15) is 9.59 Å². The maximum Gasteiger partial charge on any atom is 0.338 e. The average molecular weight is 427 g/mol. The number of ether oxygens (including phenoxy) is 2. The summed E-state index contributed by atoms with van der Waals surface area (Å²) >= 11 is 0. The van der Waals surface area contributed by atoms with Gasteiger partial charge in [-0.2, -0.15) is 0 Å². The second-order valence-corrected chi connectivity index (χ2v) is 7.78. The topological polar surface area (TPSA) is 52.6 Å². The van der Waals surface area contributed by atoms with Crippen molar-refractivity contribution in [2.45, 2.75) is 27.4 Å². The quantitative estimate of drug-likeness (QED) is 0.248. The van der Waals surface area contributed by atoms with Crippen molar-refractivity contribution in [3.8, 4) is 28.0 Å². The highest BCUT2D eigenvalue weighted by atomic mass is 16.5. The Morgan fingerprint density at radius 1 is 0.750 bits per heavy atom. The lowest BCUT2D eigenvalue weighted by Gasteiger charge is -2.11. The van der Waals surface area contributed by atoms with Gasteiger partial charge in [-0.3, -0.25) is 0 Å². The molecule has 4 heteroatoms. The van der Waals surface area contributed by atoms with Gasteiger partial charge in [-0.25, -0.2) is 9.59 Å². The highest BCUT2D eigenvalue weighted by Gasteiger charge is 2.09. The van der Waals surface area contributed by atoms with E-state index in [1.807, 2.05) is 36.4 Å². The molecule has 0 spiro atoms. The second kappa shape index (κ2) is 9.92. The molecule has 162 valence electrons. The van der Waals surface area contributed by atoms with Gasteiger partial charge in [0.1, 0.15) is 12.4 Å². The third-order valence-electron chi connectivity index (χ3n) is 4.96. The van der Waals surface area contributed by atoms with Crippen molar-refractivity contribution >= 4 is 11.9 Å². The van der Waals surface area contributed by atoms with E-state index in [0.717, 1.165) is 33.4 Å². The smallest absolute Gasteiger partial charge is 0.338 e. The van der Waals surface area contributed by atoms with Crippen LogP contribution in [0.4, 0.5) is 0 Å². The molecule has 0 fully saturated rings. The van der Waals surface area contributed by atoms with Gasteiger partial charge in [0.05, 0.1) is 0 Å².